The van der Waals surface area contributed by atoms with Crippen LogP contribution in [-0.2, 0) is 22.5 Å². The lowest BCUT2D eigenvalue weighted by molar-refractivity contribution is -0.138. The van der Waals surface area contributed by atoms with E-state index in [-0.39, 0.29) is 11.3 Å². The molecule has 0 bridgehead atoms. The second-order valence-corrected chi connectivity index (χ2v) is 6.93. The van der Waals surface area contributed by atoms with Crippen molar-refractivity contribution in [2.45, 2.75) is 46.1 Å². The van der Waals surface area contributed by atoms with E-state index in [0.29, 0.717) is 18.9 Å². The van der Waals surface area contributed by atoms with E-state index in [0.717, 1.165) is 50.5 Å². The molecule has 21 heavy (non-hydrogen) atoms. The van der Waals surface area contributed by atoms with Crippen LogP contribution in [0.25, 0.3) is 0 Å². The molecular formula is C16H24N2O3. The number of aromatic nitrogens is 1. The summed E-state index contributed by atoms with van der Waals surface area (Å²) in [6.07, 6.45) is 3.55. The number of nitrogens with zero attached hydrogens (tertiary/aromatic N) is 2. The Labute approximate surface area is 125 Å². The monoisotopic (exact) mass is 292 g/mol. The number of likely N-dealkylation sites (tertiary alicyclic amines) is 1. The van der Waals surface area contributed by atoms with E-state index in [9.17, 15) is 4.79 Å². The quantitative estimate of drug-likeness (QED) is 0.855. The van der Waals surface area contributed by atoms with Gasteiger partial charge in [-0.05, 0) is 25.2 Å². The maximum absolute atomic E-state index is 12.1. The maximum Gasteiger partial charge on any atom is 0.223 e. The number of carbonyl (C=O) groups is 1. The number of rotatable bonds is 4. The summed E-state index contributed by atoms with van der Waals surface area (Å²) >= 11 is 0. The second-order valence-electron chi connectivity index (χ2n) is 6.93. The molecule has 1 spiro atoms. The van der Waals surface area contributed by atoms with Crippen LogP contribution in [0.1, 0.15) is 44.6 Å². The minimum atomic E-state index is 0.175. The molecule has 0 aliphatic carbocycles. The highest BCUT2D eigenvalue weighted by Crippen LogP contribution is 2.38. The van der Waals surface area contributed by atoms with Gasteiger partial charge in [-0.2, -0.15) is 0 Å². The van der Waals surface area contributed by atoms with Gasteiger partial charge in [-0.25, -0.2) is 0 Å². The van der Waals surface area contributed by atoms with Crippen molar-refractivity contribution >= 4 is 5.91 Å². The first-order valence-corrected chi connectivity index (χ1v) is 7.86. The minimum absolute atomic E-state index is 0.175. The maximum atomic E-state index is 12.1. The fourth-order valence-electron chi connectivity index (χ4n) is 3.35. The second kappa shape index (κ2) is 5.79. The molecule has 1 aromatic rings. The Balaban J connectivity index is 1.65. The first-order chi connectivity index (χ1) is 10.1. The summed E-state index contributed by atoms with van der Waals surface area (Å²) in [5, 5.41) is 4.10. The molecule has 1 atom stereocenters. The zero-order valence-electron chi connectivity index (χ0n) is 12.9. The molecule has 0 aromatic carbocycles. The van der Waals surface area contributed by atoms with Crippen LogP contribution in [0.4, 0.5) is 0 Å². The zero-order chi connectivity index (χ0) is 14.9. The van der Waals surface area contributed by atoms with Crippen LogP contribution in [0, 0.1) is 11.3 Å². The minimum Gasteiger partial charge on any atom is -0.381 e. The van der Waals surface area contributed by atoms with Crippen molar-refractivity contribution in [3.8, 4) is 0 Å². The number of amides is 1. The number of carbonyl (C=O) groups excluding carboxylic acids is 1. The first-order valence-electron chi connectivity index (χ1n) is 7.86. The Morgan fingerprint density at radius 1 is 1.43 bits per heavy atom. The molecule has 0 saturated carbocycles. The lowest BCUT2D eigenvalue weighted by Gasteiger charge is -2.38. The van der Waals surface area contributed by atoms with Gasteiger partial charge in [0.2, 0.25) is 5.91 Å². The van der Waals surface area contributed by atoms with Crippen molar-refractivity contribution < 1.29 is 14.1 Å². The van der Waals surface area contributed by atoms with Crippen LogP contribution in [0.5, 0.6) is 0 Å². The van der Waals surface area contributed by atoms with Gasteiger partial charge in [0.05, 0.1) is 18.8 Å². The van der Waals surface area contributed by atoms with Crippen LogP contribution in [0.3, 0.4) is 0 Å². The Morgan fingerprint density at radius 2 is 2.29 bits per heavy atom. The van der Waals surface area contributed by atoms with Crippen LogP contribution < -0.4 is 0 Å². The van der Waals surface area contributed by atoms with E-state index in [1.165, 1.54) is 0 Å². The van der Waals surface area contributed by atoms with E-state index >= 15 is 0 Å². The fourth-order valence-corrected chi connectivity index (χ4v) is 3.35. The predicted molar refractivity (Wildman–Crippen MR) is 77.6 cm³/mol. The molecule has 2 aliphatic heterocycles. The third-order valence-electron chi connectivity index (χ3n) is 4.50. The highest BCUT2D eigenvalue weighted by Gasteiger charge is 2.41. The van der Waals surface area contributed by atoms with Crippen LogP contribution in [0.15, 0.2) is 10.6 Å². The molecule has 5 nitrogen and oxygen atoms in total. The van der Waals surface area contributed by atoms with Crippen molar-refractivity contribution in [1.82, 2.24) is 10.1 Å². The molecular weight excluding hydrogens is 268 g/mol. The lowest BCUT2D eigenvalue weighted by Crippen LogP contribution is -2.46. The normalized spacial score (nSPS) is 26.2. The van der Waals surface area contributed by atoms with Gasteiger partial charge in [-0.1, -0.05) is 19.0 Å². The van der Waals surface area contributed by atoms with E-state index in [2.05, 4.69) is 19.0 Å². The topological polar surface area (TPSA) is 55.6 Å². The zero-order valence-corrected chi connectivity index (χ0v) is 12.9. The molecule has 1 amide bonds. The summed E-state index contributed by atoms with van der Waals surface area (Å²) in [5.74, 6) is 1.56. The van der Waals surface area contributed by atoms with E-state index in [4.69, 9.17) is 9.26 Å². The van der Waals surface area contributed by atoms with Gasteiger partial charge in [0.15, 0.2) is 5.76 Å². The van der Waals surface area contributed by atoms with Gasteiger partial charge in [-0.3, -0.25) is 4.79 Å². The molecule has 1 aromatic heterocycles. The Hall–Kier alpha value is -1.36. The predicted octanol–water partition coefficient (Wildman–Crippen LogP) is 2.40. The number of hydrogen-bond acceptors (Lipinski definition) is 4. The molecule has 2 aliphatic rings. The molecule has 2 saturated heterocycles. The van der Waals surface area contributed by atoms with Gasteiger partial charge in [-0.15, -0.1) is 0 Å². The SMILES string of the molecule is CC(C)Cc1cc(CN2CC3(CCOC3)CCC2=O)on1. The first kappa shape index (κ1) is 14.6. The lowest BCUT2D eigenvalue weighted by atomic mass is 9.79. The van der Waals surface area contributed by atoms with Crippen molar-refractivity contribution in [3.05, 3.63) is 17.5 Å². The average molecular weight is 292 g/mol. The molecule has 116 valence electrons. The van der Waals surface area contributed by atoms with Crippen LogP contribution in [-0.4, -0.2) is 35.7 Å². The highest BCUT2D eigenvalue weighted by atomic mass is 16.5. The van der Waals surface area contributed by atoms with Gasteiger partial charge in [0, 0.05) is 31.1 Å². The van der Waals surface area contributed by atoms with Crippen LogP contribution >= 0.6 is 0 Å². The van der Waals surface area contributed by atoms with Crippen molar-refractivity contribution in [2.24, 2.45) is 11.3 Å². The fraction of sp³-hybridized carbons (Fsp3) is 0.750. The van der Waals surface area contributed by atoms with Crippen molar-refractivity contribution in [2.75, 3.05) is 19.8 Å². The van der Waals surface area contributed by atoms with E-state index in [1.807, 2.05) is 11.0 Å². The number of hydrogen-bond donors (Lipinski definition) is 0. The molecule has 5 heteroatoms. The Bertz CT molecular complexity index is 503. The van der Waals surface area contributed by atoms with E-state index in [1.54, 1.807) is 0 Å². The standard InChI is InChI=1S/C16H24N2O3/c1-12(2)7-13-8-14(21-17-13)9-18-10-16(4-3-15(18)19)5-6-20-11-16/h8,12H,3-7,9-11H2,1-2H3. The van der Waals surface area contributed by atoms with Crippen LogP contribution in [0.2, 0.25) is 0 Å². The molecule has 0 N–H and O–H groups in total. The molecule has 0 radical (unpaired) electrons. The van der Waals surface area contributed by atoms with Gasteiger partial charge in [0.1, 0.15) is 0 Å². The summed E-state index contributed by atoms with van der Waals surface area (Å²) in [5.41, 5.74) is 1.15. The van der Waals surface area contributed by atoms with Crippen molar-refractivity contribution in [3.63, 3.8) is 0 Å². The van der Waals surface area contributed by atoms with Gasteiger partial charge in [0.25, 0.3) is 0 Å². The largest absolute Gasteiger partial charge is 0.381 e. The number of ether oxygens (including phenoxy) is 1. The van der Waals surface area contributed by atoms with E-state index < -0.39 is 0 Å². The smallest absolute Gasteiger partial charge is 0.223 e. The summed E-state index contributed by atoms with van der Waals surface area (Å²) in [4.78, 5) is 14.1. The average Bonchev–Trinajstić information content (AvgIpc) is 3.04. The summed E-state index contributed by atoms with van der Waals surface area (Å²) in [6.45, 7) is 7.24. The number of piperidine rings is 1. The molecule has 2 fully saturated rings. The molecule has 1 unspecified atom stereocenters. The molecule has 3 heterocycles. The van der Waals surface area contributed by atoms with Gasteiger partial charge >= 0.3 is 0 Å². The summed E-state index contributed by atoms with van der Waals surface area (Å²) in [6, 6.07) is 1.99. The highest BCUT2D eigenvalue weighted by molar-refractivity contribution is 5.77. The third kappa shape index (κ3) is 3.28. The summed E-state index contributed by atoms with van der Waals surface area (Å²) in [7, 11) is 0. The Morgan fingerprint density at radius 3 is 3.00 bits per heavy atom. The summed E-state index contributed by atoms with van der Waals surface area (Å²) < 4.78 is 10.9. The van der Waals surface area contributed by atoms with Gasteiger partial charge < -0.3 is 14.2 Å². The third-order valence-corrected chi connectivity index (χ3v) is 4.50. The van der Waals surface area contributed by atoms with Crippen molar-refractivity contribution in [1.29, 1.82) is 0 Å². The Kier molecular flexibility index (Phi) is 4.02. The molecule has 3 rings (SSSR count).